The van der Waals surface area contributed by atoms with E-state index in [4.69, 9.17) is 4.74 Å². The molecule has 0 aliphatic heterocycles. The molecule has 0 aliphatic rings. The van der Waals surface area contributed by atoms with Crippen LogP contribution in [0.15, 0.2) is 67.3 Å². The summed E-state index contributed by atoms with van der Waals surface area (Å²) in [5, 5.41) is 0. The molecule has 0 amide bonds. The molecule has 0 saturated heterocycles. The summed E-state index contributed by atoms with van der Waals surface area (Å²) in [5.41, 5.74) is 0. The van der Waals surface area contributed by atoms with E-state index in [0.717, 1.165) is 6.08 Å². The third kappa shape index (κ3) is 6.02. The number of carbonyl (C=O) groups is 1. The summed E-state index contributed by atoms with van der Waals surface area (Å²) in [5.74, 6) is 0.135. The van der Waals surface area contributed by atoms with E-state index in [0.29, 0.717) is 5.75 Å². The van der Waals surface area contributed by atoms with Gasteiger partial charge in [-0.15, -0.1) is 6.07 Å². The standard InChI is InChI=1S/C8H7O2.C5H5.Fe/c1-2-8(9)10-7-5-3-4-6-7;1-2-4-5-3-1;/h2-6H,1H2;1-5H;/q2*-1;+2. The summed E-state index contributed by atoms with van der Waals surface area (Å²) in [6.45, 7) is 3.27. The molecule has 0 spiro atoms. The van der Waals surface area contributed by atoms with Crippen molar-refractivity contribution in [3.63, 3.8) is 0 Å². The van der Waals surface area contributed by atoms with E-state index in [1.165, 1.54) is 0 Å². The summed E-state index contributed by atoms with van der Waals surface area (Å²) in [6, 6.07) is 17.0. The van der Waals surface area contributed by atoms with Crippen molar-refractivity contribution in [3.8, 4) is 5.75 Å². The molecule has 16 heavy (non-hydrogen) atoms. The topological polar surface area (TPSA) is 26.3 Å². The molecule has 0 atom stereocenters. The molecule has 0 aliphatic carbocycles. The average molecular weight is 256 g/mol. The Labute approximate surface area is 106 Å². The Hall–Kier alpha value is -1.57. The maximum Gasteiger partial charge on any atom is 2.00 e. The third-order valence-electron chi connectivity index (χ3n) is 1.57. The first kappa shape index (κ1) is 14.4. The van der Waals surface area contributed by atoms with E-state index in [1.54, 1.807) is 24.3 Å². The Kier molecular flexibility index (Phi) is 7.86. The van der Waals surface area contributed by atoms with Gasteiger partial charge in [0.05, 0.1) is 0 Å². The molecule has 2 nitrogen and oxygen atoms in total. The van der Waals surface area contributed by atoms with Crippen LogP contribution in [0.1, 0.15) is 0 Å². The summed E-state index contributed by atoms with van der Waals surface area (Å²) in [7, 11) is 0. The van der Waals surface area contributed by atoms with Crippen molar-refractivity contribution in [2.24, 2.45) is 0 Å². The van der Waals surface area contributed by atoms with Gasteiger partial charge in [0.25, 0.3) is 0 Å². The van der Waals surface area contributed by atoms with Gasteiger partial charge in [0.1, 0.15) is 0 Å². The molecule has 3 heteroatoms. The molecule has 2 aromatic carbocycles. The Morgan fingerprint density at radius 1 is 1.25 bits per heavy atom. The number of ether oxygens (including phenoxy) is 1. The van der Waals surface area contributed by atoms with Crippen molar-refractivity contribution in [2.45, 2.75) is 0 Å². The minimum Gasteiger partial charge on any atom is -0.451 e. The Morgan fingerprint density at radius 2 is 1.94 bits per heavy atom. The molecule has 0 radical (unpaired) electrons. The van der Waals surface area contributed by atoms with Crippen LogP contribution in [0.4, 0.5) is 0 Å². The first-order valence-corrected chi connectivity index (χ1v) is 4.55. The largest absolute Gasteiger partial charge is 2.00 e. The zero-order valence-electron chi connectivity index (χ0n) is 8.65. The van der Waals surface area contributed by atoms with Crippen LogP contribution in [0, 0.1) is 0 Å². The molecule has 0 fully saturated rings. The molecule has 0 N–H and O–H groups in total. The van der Waals surface area contributed by atoms with E-state index in [1.807, 2.05) is 30.3 Å². The molecule has 2 aromatic rings. The number of hydrogen-bond donors (Lipinski definition) is 0. The van der Waals surface area contributed by atoms with Crippen LogP contribution in [-0.4, -0.2) is 5.97 Å². The maximum atomic E-state index is 10.5. The summed E-state index contributed by atoms with van der Waals surface area (Å²) in [6.07, 6.45) is 1.13. The van der Waals surface area contributed by atoms with Crippen LogP contribution < -0.4 is 4.74 Å². The van der Waals surface area contributed by atoms with Crippen LogP contribution in [0.25, 0.3) is 0 Å². The zero-order valence-corrected chi connectivity index (χ0v) is 9.75. The number of carbonyl (C=O) groups excluding carboxylic acids is 1. The van der Waals surface area contributed by atoms with Crippen molar-refractivity contribution in [1.82, 2.24) is 0 Å². The van der Waals surface area contributed by atoms with E-state index >= 15 is 0 Å². The van der Waals surface area contributed by atoms with Crippen LogP contribution in [0.3, 0.4) is 0 Å². The fourth-order valence-corrected chi connectivity index (χ4v) is 0.903. The van der Waals surface area contributed by atoms with Gasteiger partial charge in [-0.1, -0.05) is 6.58 Å². The van der Waals surface area contributed by atoms with Gasteiger partial charge in [-0.3, -0.25) is 0 Å². The van der Waals surface area contributed by atoms with Crippen molar-refractivity contribution in [3.05, 3.63) is 67.3 Å². The Morgan fingerprint density at radius 3 is 2.31 bits per heavy atom. The fraction of sp³-hybridized carbons (Fsp3) is 0. The van der Waals surface area contributed by atoms with E-state index in [2.05, 4.69) is 6.58 Å². The second kappa shape index (κ2) is 8.71. The van der Waals surface area contributed by atoms with Gasteiger partial charge in [0.15, 0.2) is 0 Å². The summed E-state index contributed by atoms with van der Waals surface area (Å²) >= 11 is 0. The monoisotopic (exact) mass is 256 g/mol. The SMILES string of the molecule is C=CC(=O)Oc1ccc[cH-]1.[Fe+2].c1cc[cH-]c1. The quantitative estimate of drug-likeness (QED) is 0.357. The molecule has 84 valence electrons. The Balaban J connectivity index is 0.000000318. The number of esters is 1. The van der Waals surface area contributed by atoms with Gasteiger partial charge in [0.2, 0.25) is 0 Å². The first-order valence-electron chi connectivity index (χ1n) is 4.55. The Bertz CT molecular complexity index is 357. The van der Waals surface area contributed by atoms with Gasteiger partial charge < -0.3 is 4.74 Å². The zero-order chi connectivity index (χ0) is 10.9. The predicted octanol–water partition coefficient (Wildman–Crippen LogP) is 2.90. The maximum absolute atomic E-state index is 10.5. The molecule has 0 unspecified atom stereocenters. The number of hydrogen-bond acceptors (Lipinski definition) is 2. The van der Waals surface area contributed by atoms with Crippen molar-refractivity contribution in [2.75, 3.05) is 0 Å². The molecule has 0 saturated carbocycles. The van der Waals surface area contributed by atoms with Gasteiger partial charge in [-0.2, -0.15) is 30.3 Å². The third-order valence-corrected chi connectivity index (χ3v) is 1.57. The van der Waals surface area contributed by atoms with Gasteiger partial charge >= 0.3 is 23.0 Å². The van der Waals surface area contributed by atoms with E-state index in [9.17, 15) is 4.79 Å². The smallest absolute Gasteiger partial charge is 0.451 e. The second-order valence-electron chi connectivity index (χ2n) is 2.71. The molecule has 2 rings (SSSR count). The number of rotatable bonds is 2. The van der Waals surface area contributed by atoms with Crippen LogP contribution in [0.2, 0.25) is 0 Å². The molecular formula is C13H12FeO2. The van der Waals surface area contributed by atoms with Crippen molar-refractivity contribution < 1.29 is 26.6 Å². The van der Waals surface area contributed by atoms with Gasteiger partial charge in [-0.05, 0) is 0 Å². The normalized spacial score (nSPS) is 8.00. The average Bonchev–Trinajstić information content (AvgIpc) is 2.92. The summed E-state index contributed by atoms with van der Waals surface area (Å²) in [4.78, 5) is 10.5. The van der Waals surface area contributed by atoms with Crippen molar-refractivity contribution in [1.29, 1.82) is 0 Å². The fourth-order valence-electron chi connectivity index (χ4n) is 0.903. The van der Waals surface area contributed by atoms with Gasteiger partial charge in [0, 0.05) is 11.8 Å². The first-order chi connectivity index (χ1) is 7.33. The van der Waals surface area contributed by atoms with Crippen LogP contribution in [0.5, 0.6) is 5.75 Å². The minimum atomic E-state index is -0.425. The van der Waals surface area contributed by atoms with Crippen LogP contribution in [-0.2, 0) is 21.9 Å². The molecule has 0 heterocycles. The molecule has 0 aromatic heterocycles. The van der Waals surface area contributed by atoms with E-state index in [-0.39, 0.29) is 17.1 Å². The molecule has 0 bridgehead atoms. The van der Waals surface area contributed by atoms with E-state index < -0.39 is 5.97 Å². The van der Waals surface area contributed by atoms with Crippen LogP contribution >= 0.6 is 0 Å². The minimum absolute atomic E-state index is 0. The predicted molar refractivity (Wildman–Crippen MR) is 59.9 cm³/mol. The van der Waals surface area contributed by atoms with Crippen molar-refractivity contribution >= 4 is 5.97 Å². The second-order valence-corrected chi connectivity index (χ2v) is 2.71. The molecular weight excluding hydrogens is 244 g/mol. The van der Waals surface area contributed by atoms with Gasteiger partial charge in [-0.25, -0.2) is 23.0 Å². The summed E-state index contributed by atoms with van der Waals surface area (Å²) < 4.78 is 4.75.